The van der Waals surface area contributed by atoms with E-state index in [-0.39, 0.29) is 12.1 Å². The van der Waals surface area contributed by atoms with Crippen molar-refractivity contribution in [2.45, 2.75) is 31.9 Å². The summed E-state index contributed by atoms with van der Waals surface area (Å²) in [5, 5.41) is 3.25. The Morgan fingerprint density at radius 2 is 1.95 bits per heavy atom. The molecule has 1 unspecified atom stereocenters. The predicted molar refractivity (Wildman–Crippen MR) is 74.9 cm³/mol. The monoisotopic (exact) mass is 265 g/mol. The highest BCUT2D eigenvalue weighted by Crippen LogP contribution is 2.35. The van der Waals surface area contributed by atoms with Crippen molar-refractivity contribution < 1.29 is 14.2 Å². The number of hydrogen-bond acceptors (Lipinski definition) is 4. The van der Waals surface area contributed by atoms with Crippen LogP contribution in [0.4, 0.5) is 0 Å². The molecule has 0 bridgehead atoms. The highest BCUT2D eigenvalue weighted by Gasteiger charge is 2.20. The molecule has 1 aromatic carbocycles. The molecule has 0 amide bonds. The number of methoxy groups -OCH3 is 1. The number of hydrogen-bond donors (Lipinski definition) is 1. The van der Waals surface area contributed by atoms with E-state index in [1.165, 1.54) is 0 Å². The van der Waals surface area contributed by atoms with Gasteiger partial charge in [-0.15, -0.1) is 0 Å². The van der Waals surface area contributed by atoms with Gasteiger partial charge in [-0.1, -0.05) is 6.07 Å². The van der Waals surface area contributed by atoms with Crippen LogP contribution in [0.5, 0.6) is 11.5 Å². The lowest BCUT2D eigenvalue weighted by atomic mass is 10.1. The Bertz CT molecular complexity index is 402. The molecule has 1 aromatic rings. The van der Waals surface area contributed by atoms with E-state index >= 15 is 0 Å². The van der Waals surface area contributed by atoms with E-state index in [1.807, 2.05) is 25.2 Å². The first-order valence-electron chi connectivity index (χ1n) is 6.84. The average molecular weight is 265 g/mol. The second-order valence-electron chi connectivity index (χ2n) is 4.81. The van der Waals surface area contributed by atoms with Crippen molar-refractivity contribution >= 4 is 0 Å². The van der Waals surface area contributed by atoms with Gasteiger partial charge in [0.15, 0.2) is 0 Å². The molecule has 1 fully saturated rings. The first-order chi connectivity index (χ1) is 9.26. The number of ether oxygens (including phenoxy) is 3. The molecular weight excluding hydrogens is 242 g/mol. The highest BCUT2D eigenvalue weighted by atomic mass is 16.5. The van der Waals surface area contributed by atoms with Crippen LogP contribution in [-0.4, -0.2) is 33.5 Å². The van der Waals surface area contributed by atoms with Crippen LogP contribution < -0.4 is 14.8 Å². The van der Waals surface area contributed by atoms with Crippen molar-refractivity contribution in [1.29, 1.82) is 0 Å². The molecule has 1 saturated heterocycles. The largest absolute Gasteiger partial charge is 0.496 e. The lowest BCUT2D eigenvalue weighted by Gasteiger charge is -2.26. The Kier molecular flexibility index (Phi) is 5.05. The Labute approximate surface area is 115 Å². The van der Waals surface area contributed by atoms with Crippen LogP contribution in [0.3, 0.4) is 0 Å². The van der Waals surface area contributed by atoms with Crippen molar-refractivity contribution in [3.8, 4) is 11.5 Å². The second-order valence-corrected chi connectivity index (χ2v) is 4.81. The minimum atomic E-state index is 0.186. The van der Waals surface area contributed by atoms with Crippen LogP contribution in [0, 0.1) is 0 Å². The molecule has 1 heterocycles. The Morgan fingerprint density at radius 1 is 1.26 bits per heavy atom. The number of nitrogens with one attached hydrogen (secondary N) is 1. The van der Waals surface area contributed by atoms with Gasteiger partial charge in [0, 0.05) is 18.9 Å². The van der Waals surface area contributed by atoms with E-state index in [2.05, 4.69) is 12.2 Å². The summed E-state index contributed by atoms with van der Waals surface area (Å²) < 4.78 is 17.0. The quantitative estimate of drug-likeness (QED) is 0.888. The van der Waals surface area contributed by atoms with Gasteiger partial charge < -0.3 is 19.5 Å². The van der Waals surface area contributed by atoms with E-state index in [4.69, 9.17) is 14.2 Å². The van der Waals surface area contributed by atoms with Crippen molar-refractivity contribution in [3.63, 3.8) is 0 Å². The molecule has 1 aliphatic rings. The zero-order valence-corrected chi connectivity index (χ0v) is 11.9. The smallest absolute Gasteiger partial charge is 0.128 e. The molecule has 0 spiro atoms. The highest BCUT2D eigenvalue weighted by molar-refractivity contribution is 5.46. The number of rotatable bonds is 5. The summed E-state index contributed by atoms with van der Waals surface area (Å²) in [6.45, 7) is 3.67. The summed E-state index contributed by atoms with van der Waals surface area (Å²) in [7, 11) is 3.63. The molecule has 1 N–H and O–H groups in total. The van der Waals surface area contributed by atoms with Crippen molar-refractivity contribution in [1.82, 2.24) is 5.32 Å². The van der Waals surface area contributed by atoms with Crippen LogP contribution in [0.2, 0.25) is 0 Å². The molecule has 0 aliphatic carbocycles. The van der Waals surface area contributed by atoms with Gasteiger partial charge in [0.1, 0.15) is 17.6 Å². The minimum Gasteiger partial charge on any atom is -0.496 e. The van der Waals surface area contributed by atoms with E-state index in [0.717, 1.165) is 43.1 Å². The topological polar surface area (TPSA) is 39.7 Å². The molecule has 19 heavy (non-hydrogen) atoms. The molecule has 1 aliphatic heterocycles. The van der Waals surface area contributed by atoms with Crippen molar-refractivity contribution in [2.75, 3.05) is 27.4 Å². The Balaban J connectivity index is 2.22. The summed E-state index contributed by atoms with van der Waals surface area (Å²) in [6.07, 6.45) is 2.14. The molecule has 0 radical (unpaired) electrons. The summed E-state index contributed by atoms with van der Waals surface area (Å²) in [6, 6.07) is 6.14. The zero-order chi connectivity index (χ0) is 13.7. The fourth-order valence-corrected chi connectivity index (χ4v) is 2.35. The molecule has 1 atom stereocenters. The van der Waals surface area contributed by atoms with Crippen LogP contribution in [0.15, 0.2) is 18.2 Å². The third-order valence-electron chi connectivity index (χ3n) is 3.57. The molecule has 2 rings (SSSR count). The minimum absolute atomic E-state index is 0.186. The van der Waals surface area contributed by atoms with Gasteiger partial charge >= 0.3 is 0 Å². The third-order valence-corrected chi connectivity index (χ3v) is 3.57. The summed E-state index contributed by atoms with van der Waals surface area (Å²) in [5.74, 6) is 1.78. The van der Waals surface area contributed by atoms with Gasteiger partial charge in [-0.2, -0.15) is 0 Å². The van der Waals surface area contributed by atoms with Gasteiger partial charge in [0.2, 0.25) is 0 Å². The zero-order valence-electron chi connectivity index (χ0n) is 11.9. The summed E-state index contributed by atoms with van der Waals surface area (Å²) >= 11 is 0. The maximum atomic E-state index is 6.15. The van der Waals surface area contributed by atoms with Crippen LogP contribution >= 0.6 is 0 Å². The standard InChI is InChI=1S/C15H23NO3/c1-11(16-2)15-13(17-3)5-4-6-14(15)19-12-7-9-18-10-8-12/h4-6,11-12,16H,7-10H2,1-3H3. The molecular formula is C15H23NO3. The molecule has 0 aromatic heterocycles. The van der Waals surface area contributed by atoms with E-state index in [1.54, 1.807) is 7.11 Å². The normalized spacial score (nSPS) is 18.1. The Hall–Kier alpha value is -1.26. The third kappa shape index (κ3) is 3.39. The first-order valence-corrected chi connectivity index (χ1v) is 6.84. The van der Waals surface area contributed by atoms with Gasteiger partial charge in [-0.25, -0.2) is 0 Å². The van der Waals surface area contributed by atoms with E-state index in [0.29, 0.717) is 0 Å². The predicted octanol–water partition coefficient (Wildman–Crippen LogP) is 2.53. The molecule has 4 nitrogen and oxygen atoms in total. The lowest BCUT2D eigenvalue weighted by molar-refractivity contribution is 0.0249. The fourth-order valence-electron chi connectivity index (χ4n) is 2.35. The van der Waals surface area contributed by atoms with Gasteiger partial charge in [-0.3, -0.25) is 0 Å². The molecule has 106 valence electrons. The Morgan fingerprint density at radius 3 is 2.58 bits per heavy atom. The second kappa shape index (κ2) is 6.78. The molecule has 0 saturated carbocycles. The van der Waals surface area contributed by atoms with Gasteiger partial charge in [0.25, 0.3) is 0 Å². The van der Waals surface area contributed by atoms with Crippen LogP contribution in [-0.2, 0) is 4.74 Å². The van der Waals surface area contributed by atoms with Crippen molar-refractivity contribution in [3.05, 3.63) is 23.8 Å². The van der Waals surface area contributed by atoms with Crippen LogP contribution in [0.1, 0.15) is 31.4 Å². The van der Waals surface area contributed by atoms with Crippen molar-refractivity contribution in [2.24, 2.45) is 0 Å². The van der Waals surface area contributed by atoms with Gasteiger partial charge in [-0.05, 0) is 26.1 Å². The maximum Gasteiger partial charge on any atom is 0.128 e. The van der Waals surface area contributed by atoms with Crippen LogP contribution in [0.25, 0.3) is 0 Å². The first kappa shape index (κ1) is 14.2. The lowest BCUT2D eigenvalue weighted by Crippen LogP contribution is -2.27. The fraction of sp³-hybridized carbons (Fsp3) is 0.600. The van der Waals surface area contributed by atoms with Gasteiger partial charge in [0.05, 0.1) is 25.9 Å². The van der Waals surface area contributed by atoms with E-state index < -0.39 is 0 Å². The average Bonchev–Trinajstić information content (AvgIpc) is 2.47. The molecule has 4 heteroatoms. The maximum absolute atomic E-state index is 6.15. The number of benzene rings is 1. The summed E-state index contributed by atoms with van der Waals surface area (Å²) in [4.78, 5) is 0. The summed E-state index contributed by atoms with van der Waals surface area (Å²) in [5.41, 5.74) is 1.08. The van der Waals surface area contributed by atoms with E-state index in [9.17, 15) is 0 Å². The SMILES string of the molecule is CNC(C)c1c(OC)cccc1OC1CCOCC1.